The molecule has 0 aliphatic carbocycles. The van der Waals surface area contributed by atoms with Crippen LogP contribution in [-0.4, -0.2) is 57.3 Å². The second-order valence-electron chi connectivity index (χ2n) is 13.6. The number of aliphatic hydroxyl groups excluding tert-OH is 4. The molecular weight excluding hydrogens is 586 g/mol. The SMILES string of the molecule is CCCC/C=C/CCCC(O)C(O)C(CO)NC(=O)C(O)CCCCCCCCCC/C=C\C/C=C\CCCCCCCCCCC. The number of rotatable bonds is 35. The van der Waals surface area contributed by atoms with E-state index in [1.165, 1.54) is 96.3 Å². The van der Waals surface area contributed by atoms with Gasteiger partial charge < -0.3 is 25.7 Å². The maximum Gasteiger partial charge on any atom is 0.249 e. The predicted octanol–water partition coefficient (Wildman–Crippen LogP) is 9.79. The van der Waals surface area contributed by atoms with Crippen molar-refractivity contribution in [1.29, 1.82) is 0 Å². The number of carbonyl (C=O) groups excluding carboxylic acids is 1. The summed E-state index contributed by atoms with van der Waals surface area (Å²) in [5.41, 5.74) is 0. The Balaban J connectivity index is 3.71. The lowest BCUT2D eigenvalue weighted by Crippen LogP contribution is -2.53. The van der Waals surface area contributed by atoms with Crippen LogP contribution >= 0.6 is 0 Å². The van der Waals surface area contributed by atoms with Crippen molar-refractivity contribution < 1.29 is 25.2 Å². The number of allylic oxidation sites excluding steroid dienone is 6. The Morgan fingerprint density at radius 3 is 1.47 bits per heavy atom. The number of aliphatic hydroxyl groups is 4. The lowest BCUT2D eigenvalue weighted by Gasteiger charge is -2.27. The minimum atomic E-state index is -1.28. The van der Waals surface area contributed by atoms with Gasteiger partial charge in [-0.15, -0.1) is 0 Å². The Morgan fingerprint density at radius 2 is 0.957 bits per heavy atom. The molecule has 4 atom stereocenters. The standard InChI is InChI=1S/C41H77NO5/c1-3-5-7-9-11-12-13-14-15-16-17-18-19-20-21-22-23-24-25-26-27-29-31-33-35-39(45)41(47)42-37(36-43)40(46)38(44)34-32-30-28-10-8-6-4-2/h10,17-18,20-21,28,37-40,43-46H,3-9,11-16,19,22-27,29-36H2,1-2H3,(H,42,47)/b18-17-,21-20-,28-10+. The summed E-state index contributed by atoms with van der Waals surface area (Å²) in [4.78, 5) is 12.4. The maximum atomic E-state index is 12.4. The highest BCUT2D eigenvalue weighted by molar-refractivity contribution is 5.80. The normalized spacial score (nSPS) is 14.8. The van der Waals surface area contributed by atoms with Crippen molar-refractivity contribution in [3.05, 3.63) is 36.5 Å². The lowest BCUT2D eigenvalue weighted by atomic mass is 10.00. The van der Waals surface area contributed by atoms with Crippen molar-refractivity contribution in [2.75, 3.05) is 6.61 Å². The first kappa shape index (κ1) is 45.5. The van der Waals surface area contributed by atoms with Crippen molar-refractivity contribution in [2.24, 2.45) is 0 Å². The monoisotopic (exact) mass is 664 g/mol. The molecule has 0 aromatic carbocycles. The Bertz CT molecular complexity index is 752. The summed E-state index contributed by atoms with van der Waals surface area (Å²) in [5.74, 6) is -0.603. The number of carbonyl (C=O) groups is 1. The third-order valence-electron chi connectivity index (χ3n) is 9.07. The maximum absolute atomic E-state index is 12.4. The first-order valence-electron chi connectivity index (χ1n) is 19.9. The topological polar surface area (TPSA) is 110 Å². The lowest BCUT2D eigenvalue weighted by molar-refractivity contribution is -0.132. The van der Waals surface area contributed by atoms with E-state index in [1.54, 1.807) is 0 Å². The van der Waals surface area contributed by atoms with Crippen molar-refractivity contribution in [3.63, 3.8) is 0 Å². The third-order valence-corrected chi connectivity index (χ3v) is 9.07. The van der Waals surface area contributed by atoms with Crippen LogP contribution in [0, 0.1) is 0 Å². The molecule has 1 amide bonds. The van der Waals surface area contributed by atoms with E-state index in [0.29, 0.717) is 19.3 Å². The molecule has 276 valence electrons. The van der Waals surface area contributed by atoms with Gasteiger partial charge in [0.2, 0.25) is 5.91 Å². The smallest absolute Gasteiger partial charge is 0.249 e. The summed E-state index contributed by atoms with van der Waals surface area (Å²) in [7, 11) is 0. The molecule has 0 fully saturated rings. The van der Waals surface area contributed by atoms with E-state index in [-0.39, 0.29) is 0 Å². The first-order chi connectivity index (χ1) is 23.0. The van der Waals surface area contributed by atoms with Crippen molar-refractivity contribution in [3.8, 4) is 0 Å². The van der Waals surface area contributed by atoms with Gasteiger partial charge in [-0.1, -0.05) is 159 Å². The molecule has 4 unspecified atom stereocenters. The molecule has 0 aromatic rings. The van der Waals surface area contributed by atoms with E-state index in [2.05, 4.69) is 55.6 Å². The summed E-state index contributed by atoms with van der Waals surface area (Å²) >= 11 is 0. The second kappa shape index (κ2) is 35.8. The molecule has 47 heavy (non-hydrogen) atoms. The van der Waals surface area contributed by atoms with Crippen LogP contribution in [-0.2, 0) is 4.79 Å². The Kier molecular flexibility index (Phi) is 34.7. The molecular formula is C41H77NO5. The minimum absolute atomic E-state index is 0.355. The molecule has 0 saturated carbocycles. The van der Waals surface area contributed by atoms with Crippen molar-refractivity contribution in [1.82, 2.24) is 5.32 Å². The summed E-state index contributed by atoms with van der Waals surface area (Å²) in [6.07, 6.45) is 40.6. The molecule has 0 bridgehead atoms. The predicted molar refractivity (Wildman–Crippen MR) is 200 cm³/mol. The van der Waals surface area contributed by atoms with Crippen LogP contribution in [0.4, 0.5) is 0 Å². The zero-order valence-corrected chi connectivity index (χ0v) is 30.8. The van der Waals surface area contributed by atoms with E-state index < -0.39 is 36.9 Å². The third kappa shape index (κ3) is 30.3. The average molecular weight is 664 g/mol. The molecule has 0 radical (unpaired) electrons. The van der Waals surface area contributed by atoms with Gasteiger partial charge in [-0.25, -0.2) is 0 Å². The van der Waals surface area contributed by atoms with Crippen LogP contribution in [0.5, 0.6) is 0 Å². The fraction of sp³-hybridized carbons (Fsp3) is 0.829. The van der Waals surface area contributed by atoms with Crippen LogP contribution in [0.15, 0.2) is 36.5 Å². The summed E-state index contributed by atoms with van der Waals surface area (Å²) in [6, 6.07) is -1.00. The first-order valence-corrected chi connectivity index (χ1v) is 19.9. The number of unbranched alkanes of at least 4 members (excludes halogenated alkanes) is 20. The largest absolute Gasteiger partial charge is 0.394 e. The number of amides is 1. The van der Waals surface area contributed by atoms with E-state index >= 15 is 0 Å². The number of hydrogen-bond acceptors (Lipinski definition) is 5. The van der Waals surface area contributed by atoms with Crippen LogP contribution in [0.25, 0.3) is 0 Å². The van der Waals surface area contributed by atoms with E-state index in [9.17, 15) is 25.2 Å². The molecule has 0 aromatic heterocycles. The van der Waals surface area contributed by atoms with Crippen LogP contribution < -0.4 is 5.32 Å². The van der Waals surface area contributed by atoms with Gasteiger partial charge in [0.25, 0.3) is 0 Å². The molecule has 0 spiro atoms. The molecule has 0 aliphatic heterocycles. The van der Waals surface area contributed by atoms with Gasteiger partial charge >= 0.3 is 0 Å². The average Bonchev–Trinajstić information content (AvgIpc) is 3.07. The van der Waals surface area contributed by atoms with Gasteiger partial charge in [0.15, 0.2) is 0 Å². The molecule has 0 saturated heterocycles. The fourth-order valence-electron chi connectivity index (χ4n) is 5.83. The minimum Gasteiger partial charge on any atom is -0.394 e. The highest BCUT2D eigenvalue weighted by atomic mass is 16.3. The molecule has 6 nitrogen and oxygen atoms in total. The zero-order valence-electron chi connectivity index (χ0n) is 30.8. The van der Waals surface area contributed by atoms with E-state index in [1.807, 2.05) is 0 Å². The molecule has 0 aliphatic rings. The Morgan fingerprint density at radius 1 is 0.532 bits per heavy atom. The summed E-state index contributed by atoms with van der Waals surface area (Å²) in [5, 5.41) is 43.2. The summed E-state index contributed by atoms with van der Waals surface area (Å²) < 4.78 is 0. The van der Waals surface area contributed by atoms with Gasteiger partial charge in [-0.3, -0.25) is 4.79 Å². The number of hydrogen-bond donors (Lipinski definition) is 5. The Hall–Kier alpha value is -1.47. The van der Waals surface area contributed by atoms with E-state index in [0.717, 1.165) is 57.8 Å². The summed E-state index contributed by atoms with van der Waals surface area (Å²) in [6.45, 7) is 3.93. The van der Waals surface area contributed by atoms with Crippen molar-refractivity contribution in [2.45, 2.75) is 212 Å². The van der Waals surface area contributed by atoms with E-state index in [4.69, 9.17) is 0 Å². The highest BCUT2D eigenvalue weighted by Crippen LogP contribution is 2.14. The van der Waals surface area contributed by atoms with Gasteiger partial charge in [0, 0.05) is 0 Å². The number of nitrogens with one attached hydrogen (secondary N) is 1. The van der Waals surface area contributed by atoms with Crippen LogP contribution in [0.3, 0.4) is 0 Å². The van der Waals surface area contributed by atoms with Gasteiger partial charge in [0.1, 0.15) is 12.2 Å². The van der Waals surface area contributed by atoms with Gasteiger partial charge in [-0.05, 0) is 64.2 Å². The van der Waals surface area contributed by atoms with Crippen LogP contribution in [0.1, 0.15) is 187 Å². The molecule has 0 rings (SSSR count). The van der Waals surface area contributed by atoms with Crippen molar-refractivity contribution >= 4 is 5.91 Å². The fourth-order valence-corrected chi connectivity index (χ4v) is 5.83. The quantitative estimate of drug-likeness (QED) is 0.0343. The zero-order chi connectivity index (χ0) is 34.6. The van der Waals surface area contributed by atoms with Gasteiger partial charge in [0.05, 0.1) is 18.8 Å². The molecule has 0 heterocycles. The highest BCUT2D eigenvalue weighted by Gasteiger charge is 2.28. The van der Waals surface area contributed by atoms with Crippen LogP contribution in [0.2, 0.25) is 0 Å². The molecule has 5 N–H and O–H groups in total. The molecule has 6 heteroatoms. The second-order valence-corrected chi connectivity index (χ2v) is 13.6. The Labute approximate surface area is 290 Å². The van der Waals surface area contributed by atoms with Gasteiger partial charge in [-0.2, -0.15) is 0 Å².